The molecule has 0 spiro atoms. The second-order valence-electron chi connectivity index (χ2n) is 5.14. The summed E-state index contributed by atoms with van der Waals surface area (Å²) in [5, 5.41) is 3.40. The molecule has 0 radical (unpaired) electrons. The van der Waals surface area contributed by atoms with Crippen molar-refractivity contribution < 1.29 is 4.74 Å². The predicted octanol–water partition coefficient (Wildman–Crippen LogP) is 3.90. The number of ether oxygens (including phenoxy) is 1. The molecule has 2 rings (SSSR count). The van der Waals surface area contributed by atoms with Gasteiger partial charge in [0, 0.05) is 6.04 Å². The third kappa shape index (κ3) is 3.84. The number of nitrogens with one attached hydrogen (secondary N) is 1. The van der Waals surface area contributed by atoms with E-state index in [0.717, 1.165) is 18.6 Å². The Bertz CT molecular complexity index is 533. The Labute approximate surface area is 121 Å². The molecule has 1 N–H and O–H groups in total. The molecular weight excluding hydrogens is 246 g/mol. The summed E-state index contributed by atoms with van der Waals surface area (Å²) in [6, 6.07) is 17.4. The van der Waals surface area contributed by atoms with Crippen LogP contribution in [0.3, 0.4) is 0 Å². The van der Waals surface area contributed by atoms with Gasteiger partial charge in [-0.05, 0) is 50.1 Å². The van der Waals surface area contributed by atoms with Crippen LogP contribution in [0.25, 0.3) is 0 Å². The fraction of sp³-hybridized carbons (Fsp3) is 0.333. The van der Waals surface area contributed by atoms with Gasteiger partial charge in [-0.2, -0.15) is 0 Å². The number of hydrogen-bond acceptors (Lipinski definition) is 2. The molecule has 1 unspecified atom stereocenters. The first kappa shape index (κ1) is 14.6. The molecule has 0 amide bonds. The van der Waals surface area contributed by atoms with Crippen LogP contribution in [0.4, 0.5) is 0 Å². The van der Waals surface area contributed by atoms with Gasteiger partial charge in [-0.25, -0.2) is 0 Å². The minimum atomic E-state index is 0.353. The highest BCUT2D eigenvalue weighted by atomic mass is 16.5. The molecule has 2 heteroatoms. The normalized spacial score (nSPS) is 12.2. The molecule has 0 bridgehead atoms. The lowest BCUT2D eigenvalue weighted by molar-refractivity contribution is 0.413. The zero-order valence-electron chi connectivity index (χ0n) is 12.5. The molecule has 0 aliphatic carbocycles. The molecule has 2 aromatic rings. The van der Waals surface area contributed by atoms with Crippen molar-refractivity contribution in [2.24, 2.45) is 0 Å². The quantitative estimate of drug-likeness (QED) is 0.859. The van der Waals surface area contributed by atoms with Crippen LogP contribution >= 0.6 is 0 Å². The molecular formula is C18H23NO. The average molecular weight is 269 g/mol. The summed E-state index contributed by atoms with van der Waals surface area (Å²) in [6.07, 6.45) is 2.15. The van der Waals surface area contributed by atoms with Crippen LogP contribution < -0.4 is 10.1 Å². The Kier molecular flexibility index (Phi) is 5.19. The summed E-state index contributed by atoms with van der Waals surface area (Å²) < 4.78 is 5.30. The summed E-state index contributed by atoms with van der Waals surface area (Å²) in [7, 11) is 3.72. The summed E-state index contributed by atoms with van der Waals surface area (Å²) >= 11 is 0. The predicted molar refractivity (Wildman–Crippen MR) is 84.3 cm³/mol. The van der Waals surface area contributed by atoms with Gasteiger partial charge in [-0.3, -0.25) is 0 Å². The van der Waals surface area contributed by atoms with E-state index in [1.807, 2.05) is 19.2 Å². The van der Waals surface area contributed by atoms with Crippen molar-refractivity contribution in [2.75, 3.05) is 14.2 Å². The summed E-state index contributed by atoms with van der Waals surface area (Å²) in [5.74, 6) is 0.915. The van der Waals surface area contributed by atoms with Gasteiger partial charge < -0.3 is 10.1 Å². The maximum atomic E-state index is 5.30. The Morgan fingerprint density at radius 2 is 1.85 bits per heavy atom. The molecule has 1 atom stereocenters. The molecule has 0 aromatic heterocycles. The topological polar surface area (TPSA) is 21.3 Å². The maximum Gasteiger partial charge on any atom is 0.119 e. The van der Waals surface area contributed by atoms with Gasteiger partial charge in [0.2, 0.25) is 0 Å². The summed E-state index contributed by atoms with van der Waals surface area (Å²) in [6.45, 7) is 2.12. The van der Waals surface area contributed by atoms with E-state index in [1.54, 1.807) is 7.11 Å². The molecule has 2 nitrogen and oxygen atoms in total. The molecule has 0 heterocycles. The first-order valence-electron chi connectivity index (χ1n) is 7.09. The van der Waals surface area contributed by atoms with Gasteiger partial charge in [-0.15, -0.1) is 0 Å². The molecule has 106 valence electrons. The maximum absolute atomic E-state index is 5.30. The van der Waals surface area contributed by atoms with Crippen molar-refractivity contribution in [2.45, 2.75) is 25.8 Å². The van der Waals surface area contributed by atoms with Crippen molar-refractivity contribution in [1.29, 1.82) is 0 Å². The summed E-state index contributed by atoms with van der Waals surface area (Å²) in [4.78, 5) is 0. The van der Waals surface area contributed by atoms with E-state index in [1.165, 1.54) is 16.7 Å². The third-order valence-electron chi connectivity index (χ3n) is 3.69. The highest BCUT2D eigenvalue weighted by Gasteiger charge is 2.10. The van der Waals surface area contributed by atoms with E-state index >= 15 is 0 Å². The largest absolute Gasteiger partial charge is 0.497 e. The van der Waals surface area contributed by atoms with Crippen molar-refractivity contribution >= 4 is 0 Å². The van der Waals surface area contributed by atoms with Gasteiger partial charge in [-0.1, -0.05) is 42.0 Å². The van der Waals surface area contributed by atoms with E-state index in [-0.39, 0.29) is 0 Å². The van der Waals surface area contributed by atoms with Gasteiger partial charge in [0.25, 0.3) is 0 Å². The van der Waals surface area contributed by atoms with Crippen LogP contribution in [-0.4, -0.2) is 14.2 Å². The van der Waals surface area contributed by atoms with Crippen LogP contribution in [-0.2, 0) is 6.42 Å². The molecule has 0 fully saturated rings. The number of benzene rings is 2. The van der Waals surface area contributed by atoms with E-state index in [4.69, 9.17) is 4.74 Å². The van der Waals surface area contributed by atoms with Crippen molar-refractivity contribution in [3.05, 3.63) is 65.2 Å². The van der Waals surface area contributed by atoms with Gasteiger partial charge >= 0.3 is 0 Å². The lowest BCUT2D eigenvalue weighted by atomic mass is 9.98. The second kappa shape index (κ2) is 7.11. The smallest absolute Gasteiger partial charge is 0.119 e. The molecule has 0 aliphatic rings. The Balaban J connectivity index is 2.03. The lowest BCUT2D eigenvalue weighted by Crippen LogP contribution is -2.17. The zero-order valence-corrected chi connectivity index (χ0v) is 12.5. The Hall–Kier alpha value is -1.80. The van der Waals surface area contributed by atoms with Crippen LogP contribution in [0.5, 0.6) is 5.75 Å². The summed E-state index contributed by atoms with van der Waals surface area (Å²) in [5.41, 5.74) is 3.98. The molecule has 0 saturated carbocycles. The molecule has 0 aliphatic heterocycles. The van der Waals surface area contributed by atoms with Crippen molar-refractivity contribution in [3.63, 3.8) is 0 Å². The molecule has 20 heavy (non-hydrogen) atoms. The standard InChI is InChI=1S/C18H23NO/c1-14-7-9-15(10-8-14)11-12-18(19-2)16-5-4-6-17(13-16)20-3/h4-10,13,18-19H,11-12H2,1-3H3. The van der Waals surface area contributed by atoms with Gasteiger partial charge in [0.15, 0.2) is 0 Å². The minimum Gasteiger partial charge on any atom is -0.497 e. The van der Waals surface area contributed by atoms with Crippen LogP contribution in [0, 0.1) is 6.92 Å². The minimum absolute atomic E-state index is 0.353. The zero-order chi connectivity index (χ0) is 14.4. The molecule has 2 aromatic carbocycles. The molecule has 0 saturated heterocycles. The van der Waals surface area contributed by atoms with Crippen LogP contribution in [0.2, 0.25) is 0 Å². The first-order valence-corrected chi connectivity index (χ1v) is 7.09. The van der Waals surface area contributed by atoms with E-state index < -0.39 is 0 Å². The number of hydrogen-bond donors (Lipinski definition) is 1. The number of rotatable bonds is 6. The Morgan fingerprint density at radius 3 is 2.50 bits per heavy atom. The number of aryl methyl sites for hydroxylation is 2. The average Bonchev–Trinajstić information content (AvgIpc) is 2.50. The highest BCUT2D eigenvalue weighted by Crippen LogP contribution is 2.23. The fourth-order valence-electron chi connectivity index (χ4n) is 2.40. The highest BCUT2D eigenvalue weighted by molar-refractivity contribution is 5.31. The Morgan fingerprint density at radius 1 is 1.10 bits per heavy atom. The van der Waals surface area contributed by atoms with Gasteiger partial charge in [0.1, 0.15) is 5.75 Å². The fourth-order valence-corrected chi connectivity index (χ4v) is 2.40. The monoisotopic (exact) mass is 269 g/mol. The van der Waals surface area contributed by atoms with Gasteiger partial charge in [0.05, 0.1) is 7.11 Å². The third-order valence-corrected chi connectivity index (χ3v) is 3.69. The van der Waals surface area contributed by atoms with Crippen LogP contribution in [0.15, 0.2) is 48.5 Å². The first-order chi connectivity index (χ1) is 9.72. The van der Waals surface area contributed by atoms with Crippen molar-refractivity contribution in [1.82, 2.24) is 5.32 Å². The van der Waals surface area contributed by atoms with Crippen molar-refractivity contribution in [3.8, 4) is 5.75 Å². The SMILES string of the molecule is CNC(CCc1ccc(C)cc1)c1cccc(OC)c1. The number of methoxy groups -OCH3 is 1. The van der Waals surface area contributed by atoms with E-state index in [0.29, 0.717) is 6.04 Å². The van der Waals surface area contributed by atoms with Crippen LogP contribution in [0.1, 0.15) is 29.2 Å². The lowest BCUT2D eigenvalue weighted by Gasteiger charge is -2.17. The van der Waals surface area contributed by atoms with E-state index in [2.05, 4.69) is 48.6 Å². The second-order valence-corrected chi connectivity index (χ2v) is 5.14. The van der Waals surface area contributed by atoms with E-state index in [9.17, 15) is 0 Å².